The molecule has 0 aromatic carbocycles. The van der Waals surface area contributed by atoms with E-state index in [1.54, 1.807) is 13.8 Å². The molecule has 2 rings (SSSR count). The summed E-state index contributed by atoms with van der Waals surface area (Å²) < 4.78 is 32.5. The van der Waals surface area contributed by atoms with E-state index in [1.165, 1.54) is 18.3 Å². The van der Waals surface area contributed by atoms with Crippen molar-refractivity contribution < 1.29 is 12.8 Å². The van der Waals surface area contributed by atoms with Gasteiger partial charge in [0.25, 0.3) is 0 Å². The highest BCUT2D eigenvalue weighted by Gasteiger charge is 2.21. The maximum Gasteiger partial charge on any atom is 0.241 e. The quantitative estimate of drug-likeness (QED) is 0.897. The number of sulfonamides is 1. The lowest BCUT2D eigenvalue weighted by molar-refractivity contribution is 0.496. The lowest BCUT2D eigenvalue weighted by atomic mass is 10.1. The zero-order valence-electron chi connectivity index (χ0n) is 11.5. The SMILES string of the molecule is Cc1cc(C(C)NS(=O)(=O)c2ccnc(N)c2)c(C)o1. The number of nitrogens with two attached hydrogens (primary N) is 1. The summed E-state index contributed by atoms with van der Waals surface area (Å²) in [6.07, 6.45) is 1.36. The van der Waals surface area contributed by atoms with Gasteiger partial charge in [0.15, 0.2) is 0 Å². The fourth-order valence-corrected chi connectivity index (χ4v) is 3.28. The molecule has 0 aliphatic heterocycles. The van der Waals surface area contributed by atoms with Gasteiger partial charge in [-0.15, -0.1) is 0 Å². The first-order chi connectivity index (χ1) is 9.29. The maximum atomic E-state index is 12.3. The van der Waals surface area contributed by atoms with Gasteiger partial charge in [0, 0.05) is 23.9 Å². The summed E-state index contributed by atoms with van der Waals surface area (Å²) >= 11 is 0. The van der Waals surface area contributed by atoms with E-state index in [2.05, 4.69) is 9.71 Å². The third kappa shape index (κ3) is 3.00. The Bertz CT molecular complexity index is 722. The molecule has 0 saturated carbocycles. The van der Waals surface area contributed by atoms with Crippen molar-refractivity contribution in [3.63, 3.8) is 0 Å². The lowest BCUT2D eigenvalue weighted by Gasteiger charge is -2.13. The molecule has 6 nitrogen and oxygen atoms in total. The summed E-state index contributed by atoms with van der Waals surface area (Å²) in [5, 5.41) is 0. The van der Waals surface area contributed by atoms with Gasteiger partial charge < -0.3 is 10.2 Å². The third-order valence-electron chi connectivity index (χ3n) is 2.94. The molecule has 0 spiro atoms. The van der Waals surface area contributed by atoms with Gasteiger partial charge in [-0.3, -0.25) is 0 Å². The van der Waals surface area contributed by atoms with Crippen LogP contribution in [0.15, 0.2) is 33.7 Å². The number of aryl methyl sites for hydroxylation is 2. The number of nitrogens with zero attached hydrogens (tertiary/aromatic N) is 1. The second-order valence-electron chi connectivity index (χ2n) is 4.63. The molecule has 1 unspecified atom stereocenters. The Kier molecular flexibility index (Phi) is 3.82. The molecule has 0 bridgehead atoms. The maximum absolute atomic E-state index is 12.3. The topological polar surface area (TPSA) is 98.2 Å². The summed E-state index contributed by atoms with van der Waals surface area (Å²) in [6.45, 7) is 5.39. The second kappa shape index (κ2) is 5.26. The van der Waals surface area contributed by atoms with Crippen LogP contribution in [0.25, 0.3) is 0 Å². The minimum Gasteiger partial charge on any atom is -0.466 e. The van der Waals surface area contributed by atoms with Crippen molar-refractivity contribution in [3.05, 3.63) is 41.5 Å². The number of pyridine rings is 1. The lowest BCUT2D eigenvalue weighted by Crippen LogP contribution is -2.27. The van der Waals surface area contributed by atoms with E-state index < -0.39 is 16.1 Å². The minimum atomic E-state index is -3.65. The zero-order valence-corrected chi connectivity index (χ0v) is 12.4. The van der Waals surface area contributed by atoms with Crippen molar-refractivity contribution >= 4 is 15.8 Å². The molecular formula is C13H17N3O3S. The largest absolute Gasteiger partial charge is 0.466 e. The van der Waals surface area contributed by atoms with E-state index in [1.807, 2.05) is 13.0 Å². The van der Waals surface area contributed by atoms with E-state index in [4.69, 9.17) is 10.2 Å². The fourth-order valence-electron chi connectivity index (χ4n) is 2.04. The highest BCUT2D eigenvalue weighted by atomic mass is 32.2. The first kappa shape index (κ1) is 14.5. The molecule has 0 fully saturated rings. The Morgan fingerprint density at radius 1 is 1.35 bits per heavy atom. The van der Waals surface area contributed by atoms with E-state index >= 15 is 0 Å². The molecule has 108 valence electrons. The Labute approximate surface area is 118 Å². The van der Waals surface area contributed by atoms with Gasteiger partial charge in [0.05, 0.1) is 4.90 Å². The standard InChI is InChI=1S/C13H17N3O3S/c1-8-6-12(10(3)19-8)9(2)16-20(17,18)11-4-5-15-13(14)7-11/h4-7,9,16H,1-3H3,(H2,14,15). The Hall–Kier alpha value is -1.86. The molecule has 2 aromatic rings. The van der Waals surface area contributed by atoms with Gasteiger partial charge in [-0.05, 0) is 32.9 Å². The van der Waals surface area contributed by atoms with Crippen molar-refractivity contribution in [3.8, 4) is 0 Å². The van der Waals surface area contributed by atoms with Crippen molar-refractivity contribution in [1.29, 1.82) is 0 Å². The minimum absolute atomic E-state index is 0.0923. The molecular weight excluding hydrogens is 278 g/mol. The Morgan fingerprint density at radius 2 is 2.05 bits per heavy atom. The fraction of sp³-hybridized carbons (Fsp3) is 0.308. The van der Waals surface area contributed by atoms with Crippen molar-refractivity contribution in [1.82, 2.24) is 9.71 Å². The van der Waals surface area contributed by atoms with Crippen LogP contribution in [0.1, 0.15) is 30.0 Å². The van der Waals surface area contributed by atoms with Gasteiger partial charge in [0.1, 0.15) is 17.3 Å². The van der Waals surface area contributed by atoms with E-state index in [0.717, 1.165) is 11.3 Å². The van der Waals surface area contributed by atoms with Crippen LogP contribution in [0.3, 0.4) is 0 Å². The van der Waals surface area contributed by atoms with Gasteiger partial charge in [-0.2, -0.15) is 0 Å². The Balaban J connectivity index is 2.26. The van der Waals surface area contributed by atoms with Crippen LogP contribution in [-0.2, 0) is 10.0 Å². The molecule has 7 heteroatoms. The first-order valence-electron chi connectivity index (χ1n) is 6.10. The molecule has 0 aliphatic rings. The molecule has 0 amide bonds. The normalized spacial score (nSPS) is 13.3. The van der Waals surface area contributed by atoms with E-state index in [-0.39, 0.29) is 10.7 Å². The Morgan fingerprint density at radius 3 is 2.60 bits per heavy atom. The number of hydrogen-bond donors (Lipinski definition) is 2. The number of aromatic nitrogens is 1. The summed E-state index contributed by atoms with van der Waals surface area (Å²) in [5.41, 5.74) is 6.32. The van der Waals surface area contributed by atoms with Gasteiger partial charge in [-0.1, -0.05) is 0 Å². The zero-order chi connectivity index (χ0) is 14.9. The smallest absolute Gasteiger partial charge is 0.241 e. The van der Waals surface area contributed by atoms with E-state index in [0.29, 0.717) is 5.76 Å². The number of anilines is 1. The molecule has 20 heavy (non-hydrogen) atoms. The van der Waals surface area contributed by atoms with Crippen molar-refractivity contribution in [2.45, 2.75) is 31.7 Å². The second-order valence-corrected chi connectivity index (χ2v) is 6.34. The average molecular weight is 295 g/mol. The van der Waals surface area contributed by atoms with Crippen molar-refractivity contribution in [2.24, 2.45) is 0 Å². The molecule has 2 heterocycles. The monoisotopic (exact) mass is 295 g/mol. The predicted octanol–water partition coefficient (Wildman–Crippen LogP) is 1.91. The third-order valence-corrected chi connectivity index (χ3v) is 4.48. The average Bonchev–Trinajstić information content (AvgIpc) is 2.68. The summed E-state index contributed by atoms with van der Waals surface area (Å²) in [6, 6.07) is 4.15. The number of rotatable bonds is 4. The van der Waals surface area contributed by atoms with Gasteiger partial charge in [0.2, 0.25) is 10.0 Å². The van der Waals surface area contributed by atoms with Crippen LogP contribution in [0.2, 0.25) is 0 Å². The van der Waals surface area contributed by atoms with Crippen LogP contribution in [0, 0.1) is 13.8 Å². The summed E-state index contributed by atoms with van der Waals surface area (Å²) in [7, 11) is -3.65. The van der Waals surface area contributed by atoms with E-state index in [9.17, 15) is 8.42 Å². The highest BCUT2D eigenvalue weighted by Crippen LogP contribution is 2.23. The van der Waals surface area contributed by atoms with Crippen molar-refractivity contribution in [2.75, 3.05) is 5.73 Å². The molecule has 0 aliphatic carbocycles. The van der Waals surface area contributed by atoms with Gasteiger partial charge >= 0.3 is 0 Å². The number of nitrogens with one attached hydrogen (secondary N) is 1. The molecule has 0 radical (unpaired) electrons. The van der Waals surface area contributed by atoms with Gasteiger partial charge in [-0.25, -0.2) is 18.1 Å². The summed E-state index contributed by atoms with van der Waals surface area (Å²) in [5.74, 6) is 1.61. The highest BCUT2D eigenvalue weighted by molar-refractivity contribution is 7.89. The van der Waals surface area contributed by atoms with Crippen LogP contribution < -0.4 is 10.5 Å². The first-order valence-corrected chi connectivity index (χ1v) is 7.58. The van der Waals surface area contributed by atoms with Crippen LogP contribution in [0.5, 0.6) is 0 Å². The van der Waals surface area contributed by atoms with Crippen LogP contribution in [0.4, 0.5) is 5.82 Å². The molecule has 1 atom stereocenters. The number of hydrogen-bond acceptors (Lipinski definition) is 5. The molecule has 2 aromatic heterocycles. The number of furan rings is 1. The summed E-state index contributed by atoms with van der Waals surface area (Å²) in [4.78, 5) is 3.87. The molecule has 0 saturated heterocycles. The predicted molar refractivity (Wildman–Crippen MR) is 75.6 cm³/mol. The van der Waals surface area contributed by atoms with Crippen LogP contribution >= 0.6 is 0 Å². The molecule has 3 N–H and O–H groups in total. The van der Waals surface area contributed by atoms with Crippen LogP contribution in [-0.4, -0.2) is 13.4 Å². The number of nitrogen functional groups attached to an aromatic ring is 1.